The van der Waals surface area contributed by atoms with Gasteiger partial charge in [-0.15, -0.1) is 0 Å². The molecule has 1 N–H and O–H groups in total. The summed E-state index contributed by atoms with van der Waals surface area (Å²) < 4.78 is 36.1. The van der Waals surface area contributed by atoms with Crippen LogP contribution in [0.4, 0.5) is 0 Å². The number of hydrogen-bond acceptors (Lipinski definition) is 6. The summed E-state index contributed by atoms with van der Waals surface area (Å²) in [6.07, 6.45) is 1.50. The van der Waals surface area contributed by atoms with Gasteiger partial charge in [-0.1, -0.05) is 35.3 Å². The number of ether oxygens (including phenoxy) is 2. The molecule has 2 aromatic rings. The van der Waals surface area contributed by atoms with E-state index < -0.39 is 20.3 Å². The van der Waals surface area contributed by atoms with Gasteiger partial charge < -0.3 is 14.6 Å². The maximum Gasteiger partial charge on any atom is 0.192 e. The number of rotatable bonds is 6. The number of aliphatic hydroxyl groups excluding tert-OH is 1. The van der Waals surface area contributed by atoms with Crippen LogP contribution in [0.25, 0.3) is 10.7 Å². The summed E-state index contributed by atoms with van der Waals surface area (Å²) in [6, 6.07) is 6.30. The molecule has 9 heteroatoms. The monoisotopic (exact) mass is 457 g/mol. The van der Waals surface area contributed by atoms with Crippen LogP contribution in [0.2, 0.25) is 10.0 Å². The third-order valence-corrected chi connectivity index (χ3v) is 8.25. The van der Waals surface area contributed by atoms with Crippen LogP contribution in [0, 0.1) is 0 Å². The molecule has 2 heterocycles. The van der Waals surface area contributed by atoms with Crippen molar-refractivity contribution in [3.05, 3.63) is 62.9 Å². The molecule has 6 nitrogen and oxygen atoms in total. The van der Waals surface area contributed by atoms with Gasteiger partial charge in [-0.3, -0.25) is 4.98 Å². The lowest BCUT2D eigenvalue weighted by Gasteiger charge is -2.33. The van der Waals surface area contributed by atoms with Crippen molar-refractivity contribution in [1.82, 2.24) is 4.98 Å². The molecular formula is C20H21Cl2NO5S. The highest BCUT2D eigenvalue weighted by Gasteiger charge is 2.48. The van der Waals surface area contributed by atoms with Gasteiger partial charge in [0, 0.05) is 35.0 Å². The van der Waals surface area contributed by atoms with E-state index in [1.54, 1.807) is 33.1 Å². The van der Waals surface area contributed by atoms with Crippen LogP contribution in [0.3, 0.4) is 0 Å². The zero-order valence-corrected chi connectivity index (χ0v) is 18.5. The molecule has 156 valence electrons. The molecule has 29 heavy (non-hydrogen) atoms. The SMILES string of the molecule is COCCOCc1c(Cl)ccc(C2=C(O)c3ncccc3C(C)(C)S2(=O)=O)c1Cl. The van der Waals surface area contributed by atoms with E-state index in [1.807, 2.05) is 0 Å². The van der Waals surface area contributed by atoms with Crippen molar-refractivity contribution >= 4 is 43.7 Å². The normalized spacial score (nSPS) is 17.3. The fraction of sp³-hybridized carbons (Fsp3) is 0.350. The zero-order valence-electron chi connectivity index (χ0n) is 16.2. The van der Waals surface area contributed by atoms with Crippen molar-refractivity contribution in [3.63, 3.8) is 0 Å². The number of aliphatic hydroxyl groups is 1. The Balaban J connectivity index is 2.20. The first-order valence-corrected chi connectivity index (χ1v) is 11.1. The van der Waals surface area contributed by atoms with E-state index in [0.29, 0.717) is 29.4 Å². The van der Waals surface area contributed by atoms with Crippen LogP contribution in [0.5, 0.6) is 0 Å². The second-order valence-electron chi connectivity index (χ2n) is 7.02. The largest absolute Gasteiger partial charge is 0.504 e. The number of pyridine rings is 1. The molecule has 0 aliphatic carbocycles. The minimum Gasteiger partial charge on any atom is -0.504 e. The van der Waals surface area contributed by atoms with Crippen LogP contribution in [-0.4, -0.2) is 38.8 Å². The first-order valence-electron chi connectivity index (χ1n) is 8.82. The Bertz CT molecular complexity index is 1080. The number of fused-ring (bicyclic) bond motifs is 1. The quantitative estimate of drug-likeness (QED) is 0.637. The van der Waals surface area contributed by atoms with Crippen molar-refractivity contribution in [2.75, 3.05) is 20.3 Å². The Kier molecular flexibility index (Phi) is 6.27. The van der Waals surface area contributed by atoms with Gasteiger partial charge >= 0.3 is 0 Å². The molecule has 1 aliphatic heterocycles. The molecule has 1 aliphatic rings. The van der Waals surface area contributed by atoms with Gasteiger partial charge in [0.1, 0.15) is 10.6 Å². The van der Waals surface area contributed by atoms with Crippen LogP contribution in [0.15, 0.2) is 30.5 Å². The minimum absolute atomic E-state index is 0.0706. The molecule has 0 spiro atoms. The third kappa shape index (κ3) is 3.66. The van der Waals surface area contributed by atoms with Gasteiger partial charge in [0.05, 0.1) is 29.6 Å². The van der Waals surface area contributed by atoms with E-state index in [1.165, 1.54) is 18.3 Å². The van der Waals surface area contributed by atoms with E-state index in [9.17, 15) is 13.5 Å². The maximum absolute atomic E-state index is 13.5. The second-order valence-corrected chi connectivity index (χ2v) is 10.2. The van der Waals surface area contributed by atoms with Crippen molar-refractivity contribution < 1.29 is 23.0 Å². The molecule has 0 saturated heterocycles. The summed E-state index contributed by atoms with van der Waals surface area (Å²) in [5, 5.41) is 11.3. The molecule has 3 rings (SSSR count). The van der Waals surface area contributed by atoms with Gasteiger partial charge in [-0.2, -0.15) is 0 Å². The Hall–Kier alpha value is -1.64. The summed E-state index contributed by atoms with van der Waals surface area (Å²) in [7, 11) is -2.44. The van der Waals surface area contributed by atoms with Gasteiger partial charge in [-0.25, -0.2) is 8.42 Å². The molecule has 0 saturated carbocycles. The first kappa shape index (κ1) is 22.1. The van der Waals surface area contributed by atoms with Gasteiger partial charge in [0.25, 0.3) is 0 Å². The standard InChI is InChI=1S/C20H21Cl2NO5S/c1-20(2)14-5-4-8-23-17(14)18(24)19(29(20,25)26)12-6-7-15(21)13(16(12)22)11-28-10-9-27-3/h4-8,24H,9-11H2,1-3H3. The van der Waals surface area contributed by atoms with Gasteiger partial charge in [0.15, 0.2) is 15.6 Å². The number of methoxy groups -OCH3 is 1. The Morgan fingerprint density at radius 2 is 1.90 bits per heavy atom. The van der Waals surface area contributed by atoms with E-state index in [0.717, 1.165) is 0 Å². The average Bonchev–Trinajstić information content (AvgIpc) is 2.68. The maximum atomic E-state index is 13.5. The fourth-order valence-electron chi connectivity index (χ4n) is 3.21. The van der Waals surface area contributed by atoms with Crippen LogP contribution >= 0.6 is 23.2 Å². The predicted molar refractivity (Wildman–Crippen MR) is 114 cm³/mol. The Morgan fingerprint density at radius 3 is 2.59 bits per heavy atom. The smallest absolute Gasteiger partial charge is 0.192 e. The molecule has 0 fully saturated rings. The lowest BCUT2D eigenvalue weighted by atomic mass is 9.97. The molecule has 1 aromatic heterocycles. The van der Waals surface area contributed by atoms with Gasteiger partial charge in [0.2, 0.25) is 0 Å². The van der Waals surface area contributed by atoms with Crippen molar-refractivity contribution in [2.24, 2.45) is 0 Å². The highest BCUT2D eigenvalue weighted by Crippen LogP contribution is 2.49. The Morgan fingerprint density at radius 1 is 1.17 bits per heavy atom. The molecule has 0 radical (unpaired) electrons. The van der Waals surface area contributed by atoms with E-state index in [-0.39, 0.29) is 27.8 Å². The average molecular weight is 458 g/mol. The van der Waals surface area contributed by atoms with Crippen LogP contribution < -0.4 is 0 Å². The molecule has 0 amide bonds. The summed E-state index contributed by atoms with van der Waals surface area (Å²) in [5.74, 6) is -0.435. The number of aromatic nitrogens is 1. The third-order valence-electron chi connectivity index (χ3n) is 4.95. The molecular weight excluding hydrogens is 437 g/mol. The first-order chi connectivity index (χ1) is 13.6. The van der Waals surface area contributed by atoms with E-state index in [4.69, 9.17) is 32.7 Å². The second kappa shape index (κ2) is 8.24. The van der Waals surface area contributed by atoms with Crippen LogP contribution in [-0.2, 0) is 30.7 Å². The highest BCUT2D eigenvalue weighted by atomic mass is 35.5. The van der Waals surface area contributed by atoms with Crippen molar-refractivity contribution in [3.8, 4) is 0 Å². The topological polar surface area (TPSA) is 85.7 Å². The minimum atomic E-state index is -4.00. The number of benzene rings is 1. The lowest BCUT2D eigenvalue weighted by molar-refractivity contribution is 0.0617. The van der Waals surface area contributed by atoms with Crippen molar-refractivity contribution in [1.29, 1.82) is 0 Å². The van der Waals surface area contributed by atoms with Crippen LogP contribution in [0.1, 0.15) is 36.2 Å². The Labute approximate surface area is 180 Å². The molecule has 1 aromatic carbocycles. The van der Waals surface area contributed by atoms with E-state index in [2.05, 4.69) is 4.98 Å². The number of sulfone groups is 1. The van der Waals surface area contributed by atoms with Crippen molar-refractivity contribution in [2.45, 2.75) is 25.2 Å². The number of nitrogens with zero attached hydrogens (tertiary/aromatic N) is 1. The van der Waals surface area contributed by atoms with Gasteiger partial charge in [-0.05, 0) is 26.0 Å². The zero-order chi connectivity index (χ0) is 21.4. The summed E-state index contributed by atoms with van der Waals surface area (Å²) in [5.41, 5.74) is 1.23. The molecule has 0 bridgehead atoms. The molecule has 0 atom stereocenters. The van der Waals surface area contributed by atoms with E-state index >= 15 is 0 Å². The predicted octanol–water partition coefficient (Wildman–Crippen LogP) is 4.60. The summed E-state index contributed by atoms with van der Waals surface area (Å²) >= 11 is 12.8. The lowest BCUT2D eigenvalue weighted by Crippen LogP contribution is -2.35. The molecule has 0 unspecified atom stereocenters. The highest BCUT2D eigenvalue weighted by molar-refractivity contribution is 8.01. The number of hydrogen-bond donors (Lipinski definition) is 1. The summed E-state index contributed by atoms with van der Waals surface area (Å²) in [6.45, 7) is 3.94. The fourth-order valence-corrected chi connectivity index (χ4v) is 5.61. The number of halogens is 2. The summed E-state index contributed by atoms with van der Waals surface area (Å²) in [4.78, 5) is 3.93.